The van der Waals surface area contributed by atoms with Crippen LogP contribution in [0.1, 0.15) is 26.1 Å². The average Bonchev–Trinajstić information content (AvgIpc) is 2.35. The summed E-state index contributed by atoms with van der Waals surface area (Å²) >= 11 is 0. The number of hydrogen-bond donors (Lipinski definition) is 2. The Kier molecular flexibility index (Phi) is 6.50. The minimum atomic E-state index is -4.18. The summed E-state index contributed by atoms with van der Waals surface area (Å²) in [5.74, 6) is 1.35. The molecule has 0 fully saturated rings. The van der Waals surface area contributed by atoms with Gasteiger partial charge in [0, 0.05) is 25.8 Å². The molecule has 0 atom stereocenters. The van der Waals surface area contributed by atoms with Crippen molar-refractivity contribution in [1.29, 1.82) is 0 Å². The molecule has 2 N–H and O–H groups in total. The average molecular weight is 292 g/mol. The molecule has 0 radical (unpaired) electrons. The Balaban J connectivity index is 2.69. The van der Waals surface area contributed by atoms with Crippen LogP contribution in [0.4, 0.5) is 24.8 Å². The van der Waals surface area contributed by atoms with E-state index in [1.807, 2.05) is 13.8 Å². The number of ether oxygens (including phenoxy) is 1. The molecule has 8 heteroatoms. The SMILES string of the molecule is CCNc1cc(NCCC(F)(F)F)nc(COCC)n1. The molecular weight excluding hydrogens is 273 g/mol. The van der Waals surface area contributed by atoms with Crippen LogP contribution < -0.4 is 10.6 Å². The summed E-state index contributed by atoms with van der Waals surface area (Å²) in [7, 11) is 0. The smallest absolute Gasteiger partial charge is 0.374 e. The first-order valence-corrected chi connectivity index (χ1v) is 6.44. The highest BCUT2D eigenvalue weighted by Gasteiger charge is 2.26. The molecule has 1 aromatic rings. The van der Waals surface area contributed by atoms with Crippen LogP contribution in [0.2, 0.25) is 0 Å². The van der Waals surface area contributed by atoms with Crippen molar-refractivity contribution in [2.75, 3.05) is 30.3 Å². The molecule has 0 aromatic carbocycles. The molecule has 0 aliphatic heterocycles. The van der Waals surface area contributed by atoms with E-state index in [-0.39, 0.29) is 13.2 Å². The molecule has 20 heavy (non-hydrogen) atoms. The van der Waals surface area contributed by atoms with E-state index < -0.39 is 12.6 Å². The Morgan fingerprint density at radius 3 is 2.35 bits per heavy atom. The second kappa shape index (κ2) is 7.88. The number of nitrogens with one attached hydrogen (secondary N) is 2. The molecule has 5 nitrogen and oxygen atoms in total. The molecule has 0 unspecified atom stereocenters. The molecule has 0 amide bonds. The van der Waals surface area contributed by atoms with Gasteiger partial charge in [-0.2, -0.15) is 13.2 Å². The maximum absolute atomic E-state index is 12.1. The summed E-state index contributed by atoms with van der Waals surface area (Å²) in [5, 5.41) is 5.65. The van der Waals surface area contributed by atoms with Gasteiger partial charge in [-0.25, -0.2) is 9.97 Å². The summed E-state index contributed by atoms with van der Waals surface area (Å²) in [6.45, 7) is 4.93. The number of rotatable bonds is 8. The summed E-state index contributed by atoms with van der Waals surface area (Å²) in [6, 6.07) is 1.58. The number of aromatic nitrogens is 2. The van der Waals surface area contributed by atoms with Crippen molar-refractivity contribution in [3.8, 4) is 0 Å². The Morgan fingerprint density at radius 1 is 1.15 bits per heavy atom. The van der Waals surface area contributed by atoms with E-state index in [0.29, 0.717) is 30.6 Å². The number of halogens is 3. The molecule has 114 valence electrons. The van der Waals surface area contributed by atoms with Gasteiger partial charge in [0.25, 0.3) is 0 Å². The normalized spacial score (nSPS) is 11.4. The lowest BCUT2D eigenvalue weighted by Gasteiger charge is -2.11. The predicted molar refractivity (Wildman–Crippen MR) is 70.7 cm³/mol. The lowest BCUT2D eigenvalue weighted by Crippen LogP contribution is -2.16. The van der Waals surface area contributed by atoms with Gasteiger partial charge in [0.15, 0.2) is 5.82 Å². The Bertz CT molecular complexity index is 412. The van der Waals surface area contributed by atoms with Crippen molar-refractivity contribution in [3.63, 3.8) is 0 Å². The number of anilines is 2. The standard InChI is InChI=1S/C12H19F3N4O/c1-3-16-9-7-10(17-6-5-12(13,14)15)19-11(18-9)8-20-4-2/h7H,3-6,8H2,1-2H3,(H2,16,17,18,19). The van der Waals surface area contributed by atoms with Crippen molar-refractivity contribution in [1.82, 2.24) is 9.97 Å². The third-order valence-corrected chi connectivity index (χ3v) is 2.28. The largest absolute Gasteiger partial charge is 0.390 e. The third kappa shape index (κ3) is 6.55. The van der Waals surface area contributed by atoms with E-state index in [9.17, 15) is 13.2 Å². The molecule has 0 aliphatic rings. The van der Waals surface area contributed by atoms with Crippen LogP contribution >= 0.6 is 0 Å². The van der Waals surface area contributed by atoms with Crippen LogP contribution in [-0.4, -0.2) is 35.8 Å². The highest BCUT2D eigenvalue weighted by molar-refractivity contribution is 5.47. The Hall–Kier alpha value is -1.57. The van der Waals surface area contributed by atoms with Crippen molar-refractivity contribution < 1.29 is 17.9 Å². The van der Waals surface area contributed by atoms with Crippen LogP contribution in [-0.2, 0) is 11.3 Å². The van der Waals surface area contributed by atoms with Gasteiger partial charge in [0.2, 0.25) is 0 Å². The van der Waals surface area contributed by atoms with E-state index in [2.05, 4.69) is 20.6 Å². The van der Waals surface area contributed by atoms with Crippen LogP contribution in [0.15, 0.2) is 6.07 Å². The molecule has 0 saturated carbocycles. The van der Waals surface area contributed by atoms with Crippen LogP contribution in [0.5, 0.6) is 0 Å². The van der Waals surface area contributed by atoms with E-state index in [1.165, 1.54) is 0 Å². The van der Waals surface area contributed by atoms with Gasteiger partial charge in [-0.1, -0.05) is 0 Å². The fourth-order valence-electron chi connectivity index (χ4n) is 1.45. The molecular formula is C12H19F3N4O. The maximum Gasteiger partial charge on any atom is 0.390 e. The molecule has 0 bridgehead atoms. The fourth-order valence-corrected chi connectivity index (χ4v) is 1.45. The van der Waals surface area contributed by atoms with Gasteiger partial charge in [-0.05, 0) is 13.8 Å². The lowest BCUT2D eigenvalue weighted by atomic mass is 10.4. The van der Waals surface area contributed by atoms with Crippen molar-refractivity contribution in [3.05, 3.63) is 11.9 Å². The van der Waals surface area contributed by atoms with E-state index in [1.54, 1.807) is 6.07 Å². The topological polar surface area (TPSA) is 59.1 Å². The molecule has 0 aliphatic carbocycles. The molecule has 1 aromatic heterocycles. The van der Waals surface area contributed by atoms with Crippen molar-refractivity contribution >= 4 is 11.6 Å². The second-order valence-corrected chi connectivity index (χ2v) is 4.01. The van der Waals surface area contributed by atoms with Crippen molar-refractivity contribution in [2.45, 2.75) is 33.1 Å². The number of hydrogen-bond acceptors (Lipinski definition) is 5. The van der Waals surface area contributed by atoms with Crippen LogP contribution in [0.25, 0.3) is 0 Å². The zero-order valence-electron chi connectivity index (χ0n) is 11.5. The third-order valence-electron chi connectivity index (χ3n) is 2.28. The van der Waals surface area contributed by atoms with Gasteiger partial charge in [-0.15, -0.1) is 0 Å². The second-order valence-electron chi connectivity index (χ2n) is 4.01. The highest BCUT2D eigenvalue weighted by Crippen LogP contribution is 2.19. The quantitative estimate of drug-likeness (QED) is 0.771. The Morgan fingerprint density at radius 2 is 1.80 bits per heavy atom. The number of nitrogens with zero attached hydrogens (tertiary/aromatic N) is 2. The van der Waals surface area contributed by atoms with Crippen molar-refractivity contribution in [2.24, 2.45) is 0 Å². The van der Waals surface area contributed by atoms with Crippen LogP contribution in [0.3, 0.4) is 0 Å². The first-order chi connectivity index (χ1) is 9.44. The van der Waals surface area contributed by atoms with Gasteiger partial charge >= 0.3 is 6.18 Å². The van der Waals surface area contributed by atoms with Gasteiger partial charge in [0.1, 0.15) is 18.2 Å². The van der Waals surface area contributed by atoms with Gasteiger partial charge in [0.05, 0.1) is 6.42 Å². The first-order valence-electron chi connectivity index (χ1n) is 6.44. The minimum absolute atomic E-state index is 0.222. The summed E-state index contributed by atoms with van der Waals surface area (Å²) in [6.07, 6.45) is -5.09. The lowest BCUT2D eigenvalue weighted by molar-refractivity contribution is -0.131. The Labute approximate surface area is 116 Å². The van der Waals surface area contributed by atoms with E-state index >= 15 is 0 Å². The molecule has 1 rings (SSSR count). The summed E-state index contributed by atoms with van der Waals surface area (Å²) < 4.78 is 41.5. The summed E-state index contributed by atoms with van der Waals surface area (Å²) in [4.78, 5) is 8.33. The molecule has 0 spiro atoms. The van der Waals surface area contributed by atoms with E-state index in [4.69, 9.17) is 4.74 Å². The number of alkyl halides is 3. The highest BCUT2D eigenvalue weighted by atomic mass is 19.4. The predicted octanol–water partition coefficient (Wildman–Crippen LogP) is 2.81. The first kappa shape index (κ1) is 16.5. The van der Waals surface area contributed by atoms with E-state index in [0.717, 1.165) is 0 Å². The fraction of sp³-hybridized carbons (Fsp3) is 0.667. The zero-order chi connectivity index (χ0) is 15.0. The maximum atomic E-state index is 12.1. The zero-order valence-corrected chi connectivity index (χ0v) is 11.5. The molecule has 1 heterocycles. The minimum Gasteiger partial charge on any atom is -0.374 e. The monoisotopic (exact) mass is 292 g/mol. The molecule has 0 saturated heterocycles. The van der Waals surface area contributed by atoms with Gasteiger partial charge in [-0.3, -0.25) is 0 Å². The van der Waals surface area contributed by atoms with Crippen LogP contribution in [0, 0.1) is 0 Å². The summed E-state index contributed by atoms with van der Waals surface area (Å²) in [5.41, 5.74) is 0. The van der Waals surface area contributed by atoms with Gasteiger partial charge < -0.3 is 15.4 Å².